The quantitative estimate of drug-likeness (QED) is 0.354. The van der Waals surface area contributed by atoms with Gasteiger partial charge in [0.1, 0.15) is 17.1 Å². The highest BCUT2D eigenvalue weighted by atomic mass is 16.5. The average Bonchev–Trinajstić information content (AvgIpc) is 2.72. The average molecular weight is 410 g/mol. The number of nitrogens with zero attached hydrogens (tertiary/aromatic N) is 2. The van der Waals surface area contributed by atoms with Crippen molar-refractivity contribution < 1.29 is 19.7 Å². The molecule has 1 amide bonds. The number of ether oxygens (including phenoxy) is 1. The third-order valence-electron chi connectivity index (χ3n) is 4.04. The third kappa shape index (κ3) is 4.22. The van der Waals surface area contributed by atoms with E-state index >= 15 is 0 Å². The number of phenols is 1. The molecule has 2 aromatic carbocycles. The SMILES string of the molecule is CCOc1ccc(-n2c(O)c(/C=N\NC(=O)c3ccccc3O)c(=O)[nH]c2=O)cc1. The minimum absolute atomic E-state index is 0.0212. The summed E-state index contributed by atoms with van der Waals surface area (Å²) in [4.78, 5) is 38.4. The fourth-order valence-electron chi connectivity index (χ4n) is 2.63. The van der Waals surface area contributed by atoms with Crippen LogP contribution in [0.1, 0.15) is 22.8 Å². The molecular weight excluding hydrogens is 392 g/mol. The summed E-state index contributed by atoms with van der Waals surface area (Å²) in [6.45, 7) is 2.30. The highest BCUT2D eigenvalue weighted by Crippen LogP contribution is 2.19. The number of nitrogens with one attached hydrogen (secondary N) is 2. The van der Waals surface area contributed by atoms with Crippen LogP contribution in [0.25, 0.3) is 5.69 Å². The number of rotatable bonds is 6. The Kier molecular flexibility index (Phi) is 5.97. The summed E-state index contributed by atoms with van der Waals surface area (Å²) in [5.41, 5.74) is 0.317. The molecule has 154 valence electrons. The first-order chi connectivity index (χ1) is 14.4. The van der Waals surface area contributed by atoms with Crippen molar-refractivity contribution in [3.05, 3.63) is 80.5 Å². The second-order valence-electron chi connectivity index (χ2n) is 5.98. The summed E-state index contributed by atoms with van der Waals surface area (Å²) >= 11 is 0. The lowest BCUT2D eigenvalue weighted by Gasteiger charge is -2.10. The molecule has 3 rings (SSSR count). The van der Waals surface area contributed by atoms with Crippen LogP contribution < -0.4 is 21.4 Å². The van der Waals surface area contributed by atoms with Gasteiger partial charge in [-0.2, -0.15) is 5.10 Å². The Bertz CT molecular complexity index is 1210. The van der Waals surface area contributed by atoms with Gasteiger partial charge in [-0.05, 0) is 43.3 Å². The molecule has 4 N–H and O–H groups in total. The van der Waals surface area contributed by atoms with E-state index in [9.17, 15) is 24.6 Å². The number of H-pyrrole nitrogens is 1. The van der Waals surface area contributed by atoms with Crippen LogP contribution in [0, 0.1) is 0 Å². The molecule has 0 aliphatic heterocycles. The Morgan fingerprint density at radius 2 is 1.87 bits per heavy atom. The molecule has 0 bridgehead atoms. The first-order valence-electron chi connectivity index (χ1n) is 8.85. The van der Waals surface area contributed by atoms with Gasteiger partial charge in [-0.25, -0.2) is 14.8 Å². The highest BCUT2D eigenvalue weighted by Gasteiger charge is 2.15. The molecule has 0 atom stereocenters. The fraction of sp³-hybridized carbons (Fsp3) is 0.100. The molecule has 0 unspecified atom stereocenters. The Morgan fingerprint density at radius 3 is 2.53 bits per heavy atom. The van der Waals surface area contributed by atoms with Gasteiger partial charge in [0, 0.05) is 0 Å². The van der Waals surface area contributed by atoms with Crippen LogP contribution in [-0.4, -0.2) is 38.5 Å². The van der Waals surface area contributed by atoms with E-state index in [1.165, 1.54) is 24.3 Å². The minimum atomic E-state index is -0.889. The van der Waals surface area contributed by atoms with Crippen molar-refractivity contribution in [3.63, 3.8) is 0 Å². The summed E-state index contributed by atoms with van der Waals surface area (Å²) < 4.78 is 6.21. The van der Waals surface area contributed by atoms with Gasteiger partial charge in [-0.15, -0.1) is 0 Å². The minimum Gasteiger partial charge on any atom is -0.507 e. The predicted octanol–water partition coefficient (Wildman–Crippen LogP) is 1.10. The number of carbonyl (C=O) groups excluding carboxylic acids is 1. The molecule has 10 heteroatoms. The molecule has 1 aromatic heterocycles. The summed E-state index contributed by atoms with van der Waals surface area (Å²) in [5.74, 6) is -1.05. The van der Waals surface area contributed by atoms with Crippen LogP contribution in [0.4, 0.5) is 0 Å². The third-order valence-corrected chi connectivity index (χ3v) is 4.04. The summed E-state index contributed by atoms with van der Waals surface area (Å²) in [6, 6.07) is 12.1. The van der Waals surface area contributed by atoms with E-state index in [2.05, 4.69) is 15.5 Å². The van der Waals surface area contributed by atoms with Crippen LogP contribution in [0.5, 0.6) is 17.4 Å². The maximum atomic E-state index is 12.2. The summed E-state index contributed by atoms with van der Waals surface area (Å²) in [5, 5.41) is 23.8. The van der Waals surface area contributed by atoms with Gasteiger partial charge in [0.05, 0.1) is 24.1 Å². The zero-order valence-corrected chi connectivity index (χ0v) is 15.8. The number of carbonyl (C=O) groups is 1. The Morgan fingerprint density at radius 1 is 1.17 bits per heavy atom. The van der Waals surface area contributed by atoms with E-state index in [1.54, 1.807) is 24.3 Å². The number of benzene rings is 2. The van der Waals surface area contributed by atoms with E-state index in [0.717, 1.165) is 10.8 Å². The Labute approximate surface area is 169 Å². The van der Waals surface area contributed by atoms with Crippen LogP contribution >= 0.6 is 0 Å². The van der Waals surface area contributed by atoms with Crippen molar-refractivity contribution in [2.45, 2.75) is 6.92 Å². The van der Waals surface area contributed by atoms with E-state index < -0.39 is 23.0 Å². The lowest BCUT2D eigenvalue weighted by Crippen LogP contribution is -2.31. The molecule has 0 spiro atoms. The molecule has 30 heavy (non-hydrogen) atoms. The number of phenolic OH excluding ortho intramolecular Hbond substituents is 1. The number of hydrogen-bond donors (Lipinski definition) is 4. The zero-order chi connectivity index (χ0) is 21.7. The molecule has 0 saturated heterocycles. The summed E-state index contributed by atoms with van der Waals surface area (Å²) in [6.07, 6.45) is 0.899. The molecule has 3 aromatic rings. The van der Waals surface area contributed by atoms with E-state index in [4.69, 9.17) is 4.74 Å². The molecule has 0 radical (unpaired) electrons. The van der Waals surface area contributed by atoms with Crippen molar-refractivity contribution in [2.24, 2.45) is 5.10 Å². The number of para-hydroxylation sites is 1. The van der Waals surface area contributed by atoms with Gasteiger partial charge < -0.3 is 14.9 Å². The number of aromatic nitrogens is 2. The maximum Gasteiger partial charge on any atom is 0.335 e. The smallest absolute Gasteiger partial charge is 0.335 e. The predicted molar refractivity (Wildman–Crippen MR) is 109 cm³/mol. The largest absolute Gasteiger partial charge is 0.507 e. The van der Waals surface area contributed by atoms with Gasteiger partial charge in [0.15, 0.2) is 0 Å². The normalized spacial score (nSPS) is 10.8. The van der Waals surface area contributed by atoms with Crippen LogP contribution in [-0.2, 0) is 0 Å². The van der Waals surface area contributed by atoms with Gasteiger partial charge in [-0.3, -0.25) is 14.6 Å². The van der Waals surface area contributed by atoms with E-state index in [0.29, 0.717) is 12.4 Å². The topological polar surface area (TPSA) is 146 Å². The number of aromatic hydroxyl groups is 2. The Hall–Kier alpha value is -4.34. The number of amides is 1. The monoisotopic (exact) mass is 410 g/mol. The second kappa shape index (κ2) is 8.78. The number of hydrogen-bond acceptors (Lipinski definition) is 7. The molecule has 10 nitrogen and oxygen atoms in total. The van der Waals surface area contributed by atoms with Crippen LogP contribution in [0.15, 0.2) is 63.2 Å². The lowest BCUT2D eigenvalue weighted by atomic mass is 10.2. The van der Waals surface area contributed by atoms with Crippen molar-refractivity contribution in [3.8, 4) is 23.1 Å². The van der Waals surface area contributed by atoms with Crippen LogP contribution in [0.3, 0.4) is 0 Å². The summed E-state index contributed by atoms with van der Waals surface area (Å²) in [7, 11) is 0. The molecule has 0 aliphatic carbocycles. The van der Waals surface area contributed by atoms with Gasteiger partial charge in [0.25, 0.3) is 11.5 Å². The molecule has 0 saturated carbocycles. The standard InChI is InChI=1S/C20H18N4O6/c1-2-30-13-9-7-12(8-10-13)24-19(28)15(17(26)22-20(24)29)11-21-23-18(27)14-5-3-4-6-16(14)25/h3-11,25,28H,2H2,1H3,(H,23,27)(H,22,26,29)/b21-11-. The lowest BCUT2D eigenvalue weighted by molar-refractivity contribution is 0.0952. The second-order valence-corrected chi connectivity index (χ2v) is 5.98. The van der Waals surface area contributed by atoms with Crippen molar-refractivity contribution in [1.82, 2.24) is 15.0 Å². The number of hydrazone groups is 1. The van der Waals surface area contributed by atoms with Crippen LogP contribution in [0.2, 0.25) is 0 Å². The fourth-order valence-corrected chi connectivity index (χ4v) is 2.63. The van der Waals surface area contributed by atoms with Gasteiger partial charge in [0.2, 0.25) is 5.88 Å². The maximum absolute atomic E-state index is 12.2. The zero-order valence-electron chi connectivity index (χ0n) is 15.8. The molecule has 0 fully saturated rings. The first-order valence-corrected chi connectivity index (χ1v) is 8.85. The van der Waals surface area contributed by atoms with E-state index in [1.807, 2.05) is 6.92 Å². The first kappa shape index (κ1) is 20.4. The molecule has 0 aliphatic rings. The Balaban J connectivity index is 1.90. The molecular formula is C20H18N4O6. The van der Waals surface area contributed by atoms with E-state index in [-0.39, 0.29) is 22.6 Å². The van der Waals surface area contributed by atoms with Crippen molar-refractivity contribution in [2.75, 3.05) is 6.61 Å². The van der Waals surface area contributed by atoms with Gasteiger partial charge in [-0.1, -0.05) is 12.1 Å². The number of aromatic amines is 1. The molecule has 1 heterocycles. The van der Waals surface area contributed by atoms with Gasteiger partial charge >= 0.3 is 5.69 Å². The highest BCUT2D eigenvalue weighted by molar-refractivity contribution is 5.97. The van der Waals surface area contributed by atoms with Crippen molar-refractivity contribution in [1.29, 1.82) is 0 Å². The van der Waals surface area contributed by atoms with Crippen molar-refractivity contribution >= 4 is 12.1 Å².